The second kappa shape index (κ2) is 5.94. The molecule has 0 saturated heterocycles. The van der Waals surface area contributed by atoms with E-state index in [1.807, 2.05) is 6.92 Å². The van der Waals surface area contributed by atoms with Crippen LogP contribution < -0.4 is 4.74 Å². The van der Waals surface area contributed by atoms with Gasteiger partial charge < -0.3 is 4.74 Å². The lowest BCUT2D eigenvalue weighted by molar-refractivity contribution is 0.295. The standard InChI is InChI=1S/C15H12F4O/c1-2-7-20-13-6-4-10(14(18)15(13)19)9-3-5-11(16)12(17)8-9/h3-6,8H,2,7H2,1H3. The van der Waals surface area contributed by atoms with Crippen LogP contribution >= 0.6 is 0 Å². The topological polar surface area (TPSA) is 9.23 Å². The van der Waals surface area contributed by atoms with Crippen LogP contribution in [-0.2, 0) is 0 Å². The molecule has 0 aliphatic rings. The summed E-state index contributed by atoms with van der Waals surface area (Å²) < 4.78 is 58.7. The maximum atomic E-state index is 13.9. The number of ether oxygens (including phenoxy) is 1. The van der Waals surface area contributed by atoms with Crippen LogP contribution in [0.5, 0.6) is 5.75 Å². The Bertz CT molecular complexity index is 626. The van der Waals surface area contributed by atoms with Crippen LogP contribution in [0, 0.1) is 23.3 Å². The SMILES string of the molecule is CCCOc1ccc(-c2ccc(F)c(F)c2)c(F)c1F. The molecular weight excluding hydrogens is 272 g/mol. The smallest absolute Gasteiger partial charge is 0.201 e. The lowest BCUT2D eigenvalue weighted by Crippen LogP contribution is -2.00. The van der Waals surface area contributed by atoms with E-state index in [0.717, 1.165) is 12.1 Å². The van der Waals surface area contributed by atoms with Gasteiger partial charge in [-0.05, 0) is 36.2 Å². The number of hydrogen-bond acceptors (Lipinski definition) is 1. The summed E-state index contributed by atoms with van der Waals surface area (Å²) in [5.74, 6) is -4.65. The first-order valence-corrected chi connectivity index (χ1v) is 6.10. The second-order valence-corrected chi connectivity index (χ2v) is 4.22. The van der Waals surface area contributed by atoms with Crippen molar-refractivity contribution in [2.45, 2.75) is 13.3 Å². The molecule has 2 rings (SSSR count). The molecule has 0 N–H and O–H groups in total. The van der Waals surface area contributed by atoms with Gasteiger partial charge in [0.05, 0.1) is 6.61 Å². The lowest BCUT2D eigenvalue weighted by atomic mass is 10.0. The third-order valence-corrected chi connectivity index (χ3v) is 2.74. The van der Waals surface area contributed by atoms with Crippen LogP contribution in [-0.4, -0.2) is 6.61 Å². The van der Waals surface area contributed by atoms with E-state index in [1.54, 1.807) is 0 Å². The Morgan fingerprint density at radius 2 is 1.65 bits per heavy atom. The first kappa shape index (κ1) is 14.4. The predicted molar refractivity (Wildman–Crippen MR) is 67.5 cm³/mol. The minimum atomic E-state index is -1.15. The summed E-state index contributed by atoms with van der Waals surface area (Å²) in [7, 11) is 0. The molecule has 2 aromatic rings. The van der Waals surface area contributed by atoms with Crippen LogP contribution in [0.1, 0.15) is 13.3 Å². The van der Waals surface area contributed by atoms with E-state index in [4.69, 9.17) is 4.74 Å². The molecule has 0 aliphatic heterocycles. The molecule has 5 heteroatoms. The number of rotatable bonds is 4. The Labute approximate surface area is 113 Å². The van der Waals surface area contributed by atoms with E-state index in [-0.39, 0.29) is 23.5 Å². The number of benzene rings is 2. The van der Waals surface area contributed by atoms with Crippen LogP contribution in [0.15, 0.2) is 30.3 Å². The highest BCUT2D eigenvalue weighted by Crippen LogP contribution is 2.30. The zero-order chi connectivity index (χ0) is 14.7. The van der Waals surface area contributed by atoms with Crippen molar-refractivity contribution in [1.29, 1.82) is 0 Å². The summed E-state index contributed by atoms with van der Waals surface area (Å²) in [6.07, 6.45) is 0.659. The van der Waals surface area contributed by atoms with E-state index in [2.05, 4.69) is 0 Å². The van der Waals surface area contributed by atoms with Crippen molar-refractivity contribution in [3.63, 3.8) is 0 Å². The van der Waals surface area contributed by atoms with Gasteiger partial charge in [0.1, 0.15) is 0 Å². The van der Waals surface area contributed by atoms with Crippen molar-refractivity contribution < 1.29 is 22.3 Å². The Morgan fingerprint density at radius 1 is 0.900 bits per heavy atom. The largest absolute Gasteiger partial charge is 0.490 e. The van der Waals surface area contributed by atoms with Crippen molar-refractivity contribution in [2.24, 2.45) is 0 Å². The maximum Gasteiger partial charge on any atom is 0.201 e. The molecule has 0 fully saturated rings. The number of hydrogen-bond donors (Lipinski definition) is 0. The van der Waals surface area contributed by atoms with E-state index in [0.29, 0.717) is 6.42 Å². The zero-order valence-corrected chi connectivity index (χ0v) is 10.7. The van der Waals surface area contributed by atoms with Gasteiger partial charge in [0.25, 0.3) is 0 Å². The van der Waals surface area contributed by atoms with Crippen LogP contribution in [0.4, 0.5) is 17.6 Å². The minimum Gasteiger partial charge on any atom is -0.490 e. The van der Waals surface area contributed by atoms with Gasteiger partial charge in [0.2, 0.25) is 5.82 Å². The molecule has 0 heterocycles. The first-order valence-electron chi connectivity index (χ1n) is 6.10. The van der Waals surface area contributed by atoms with Crippen molar-refractivity contribution in [3.8, 4) is 16.9 Å². The summed E-state index contributed by atoms with van der Waals surface area (Å²) in [6.45, 7) is 2.10. The Balaban J connectivity index is 2.42. The van der Waals surface area contributed by atoms with E-state index in [9.17, 15) is 17.6 Å². The molecule has 0 radical (unpaired) electrons. The molecule has 20 heavy (non-hydrogen) atoms. The lowest BCUT2D eigenvalue weighted by Gasteiger charge is -2.10. The highest BCUT2D eigenvalue weighted by molar-refractivity contribution is 5.65. The molecule has 0 unspecified atom stereocenters. The number of halogens is 4. The van der Waals surface area contributed by atoms with Crippen molar-refractivity contribution in [1.82, 2.24) is 0 Å². The van der Waals surface area contributed by atoms with E-state index >= 15 is 0 Å². The average molecular weight is 284 g/mol. The van der Waals surface area contributed by atoms with Crippen LogP contribution in [0.2, 0.25) is 0 Å². The van der Waals surface area contributed by atoms with Gasteiger partial charge in [0.15, 0.2) is 23.2 Å². The fourth-order valence-electron chi connectivity index (χ4n) is 1.74. The average Bonchev–Trinajstić information content (AvgIpc) is 2.44. The van der Waals surface area contributed by atoms with Gasteiger partial charge in [-0.1, -0.05) is 13.0 Å². The maximum absolute atomic E-state index is 13.9. The van der Waals surface area contributed by atoms with Crippen molar-refractivity contribution in [2.75, 3.05) is 6.61 Å². The molecule has 0 atom stereocenters. The molecule has 1 nitrogen and oxygen atoms in total. The summed E-state index contributed by atoms with van der Waals surface area (Å²) >= 11 is 0. The Hall–Kier alpha value is -2.04. The summed E-state index contributed by atoms with van der Waals surface area (Å²) in [6, 6.07) is 5.41. The van der Waals surface area contributed by atoms with Gasteiger partial charge >= 0.3 is 0 Å². The van der Waals surface area contributed by atoms with Crippen molar-refractivity contribution in [3.05, 3.63) is 53.6 Å². The summed E-state index contributed by atoms with van der Waals surface area (Å²) in [4.78, 5) is 0. The quantitative estimate of drug-likeness (QED) is 0.739. The van der Waals surface area contributed by atoms with Crippen LogP contribution in [0.25, 0.3) is 11.1 Å². The zero-order valence-electron chi connectivity index (χ0n) is 10.7. The normalized spacial score (nSPS) is 10.7. The minimum absolute atomic E-state index is 0.0577. The highest BCUT2D eigenvalue weighted by atomic mass is 19.2. The van der Waals surface area contributed by atoms with Gasteiger partial charge in [-0.25, -0.2) is 13.2 Å². The second-order valence-electron chi connectivity index (χ2n) is 4.22. The first-order chi connectivity index (χ1) is 9.54. The third-order valence-electron chi connectivity index (χ3n) is 2.74. The van der Waals surface area contributed by atoms with E-state index < -0.39 is 23.3 Å². The monoisotopic (exact) mass is 284 g/mol. The highest BCUT2D eigenvalue weighted by Gasteiger charge is 2.16. The molecule has 0 spiro atoms. The molecule has 0 aliphatic carbocycles. The molecule has 0 bridgehead atoms. The van der Waals surface area contributed by atoms with Gasteiger partial charge in [-0.15, -0.1) is 0 Å². The summed E-state index contributed by atoms with van der Waals surface area (Å²) in [5.41, 5.74) is -0.0902. The van der Waals surface area contributed by atoms with Gasteiger partial charge in [-0.2, -0.15) is 4.39 Å². The van der Waals surface area contributed by atoms with Crippen LogP contribution in [0.3, 0.4) is 0 Å². The third kappa shape index (κ3) is 2.76. The molecule has 106 valence electrons. The van der Waals surface area contributed by atoms with E-state index in [1.165, 1.54) is 18.2 Å². The summed E-state index contributed by atoms with van der Waals surface area (Å²) in [5, 5.41) is 0. The van der Waals surface area contributed by atoms with Gasteiger partial charge in [-0.3, -0.25) is 0 Å². The molecule has 0 saturated carbocycles. The molecule has 2 aromatic carbocycles. The molecule has 0 aromatic heterocycles. The fourth-order valence-corrected chi connectivity index (χ4v) is 1.74. The predicted octanol–water partition coefficient (Wildman–Crippen LogP) is 4.70. The Morgan fingerprint density at radius 3 is 2.30 bits per heavy atom. The molecule has 0 amide bonds. The van der Waals surface area contributed by atoms with Crippen molar-refractivity contribution >= 4 is 0 Å². The Kier molecular flexibility index (Phi) is 4.27. The van der Waals surface area contributed by atoms with Gasteiger partial charge in [0, 0.05) is 5.56 Å². The molecular formula is C15H12F4O. The fraction of sp³-hybridized carbons (Fsp3) is 0.200.